The lowest BCUT2D eigenvalue weighted by Crippen LogP contribution is -2.32. The Labute approximate surface area is 155 Å². The number of aliphatic hydroxyl groups is 1. The van der Waals surface area contributed by atoms with Gasteiger partial charge in [0.05, 0.1) is 0 Å². The fourth-order valence-corrected chi connectivity index (χ4v) is 2.91. The molecule has 132 valence electrons. The Morgan fingerprint density at radius 1 is 1.08 bits per heavy atom. The van der Waals surface area contributed by atoms with Crippen LogP contribution in [0.1, 0.15) is 12.0 Å². The molecular formula is C19H26ClNO2S. The lowest BCUT2D eigenvalue weighted by atomic mass is 10.2. The summed E-state index contributed by atoms with van der Waals surface area (Å²) < 4.78 is 5.52. The summed E-state index contributed by atoms with van der Waals surface area (Å²) in [6, 6.07) is 18.2. The van der Waals surface area contributed by atoms with Gasteiger partial charge in [-0.25, -0.2) is 0 Å². The van der Waals surface area contributed by atoms with Crippen LogP contribution < -0.4 is 10.1 Å². The summed E-state index contributed by atoms with van der Waals surface area (Å²) in [7, 11) is 0. The molecule has 3 nitrogen and oxygen atoms in total. The van der Waals surface area contributed by atoms with E-state index in [-0.39, 0.29) is 12.4 Å². The van der Waals surface area contributed by atoms with Crippen LogP contribution in [0.5, 0.6) is 5.75 Å². The second-order valence-corrected chi connectivity index (χ2v) is 6.67. The molecule has 0 aliphatic rings. The molecule has 0 radical (unpaired) electrons. The van der Waals surface area contributed by atoms with E-state index in [4.69, 9.17) is 4.74 Å². The van der Waals surface area contributed by atoms with Gasteiger partial charge in [-0.3, -0.25) is 0 Å². The van der Waals surface area contributed by atoms with Gasteiger partial charge in [0, 0.05) is 11.4 Å². The minimum atomic E-state index is -0.486. The topological polar surface area (TPSA) is 41.5 Å². The van der Waals surface area contributed by atoms with E-state index in [2.05, 4.69) is 36.5 Å². The first-order chi connectivity index (χ1) is 11.2. The molecule has 24 heavy (non-hydrogen) atoms. The first-order valence-electron chi connectivity index (χ1n) is 8.00. The van der Waals surface area contributed by atoms with Gasteiger partial charge < -0.3 is 15.2 Å². The van der Waals surface area contributed by atoms with Crippen molar-refractivity contribution in [1.29, 1.82) is 0 Å². The maximum absolute atomic E-state index is 9.88. The number of rotatable bonds is 10. The number of nitrogens with one attached hydrogen (secondary N) is 1. The zero-order chi connectivity index (χ0) is 16.3. The summed E-state index contributed by atoms with van der Waals surface area (Å²) in [6.07, 6.45) is 0.588. The number of thioether (sulfide) groups is 1. The maximum Gasteiger partial charge on any atom is 0.119 e. The minimum absolute atomic E-state index is 0. The van der Waals surface area contributed by atoms with Crippen LogP contribution >= 0.6 is 24.2 Å². The van der Waals surface area contributed by atoms with Crippen molar-refractivity contribution in [2.45, 2.75) is 24.3 Å². The van der Waals surface area contributed by atoms with Crippen LogP contribution in [0.3, 0.4) is 0 Å². The predicted octanol–water partition coefficient (Wildman–Crippen LogP) is 3.93. The molecule has 0 amide bonds. The average molecular weight is 368 g/mol. The van der Waals surface area contributed by atoms with Crippen molar-refractivity contribution in [2.75, 3.05) is 25.4 Å². The Morgan fingerprint density at radius 2 is 1.79 bits per heavy atom. The largest absolute Gasteiger partial charge is 0.491 e. The van der Waals surface area contributed by atoms with Gasteiger partial charge in [0.25, 0.3) is 0 Å². The number of para-hydroxylation sites is 1. The number of benzene rings is 2. The van der Waals surface area contributed by atoms with E-state index >= 15 is 0 Å². The van der Waals surface area contributed by atoms with Gasteiger partial charge in [-0.1, -0.05) is 35.9 Å². The molecule has 5 heteroatoms. The second kappa shape index (κ2) is 12.2. The fraction of sp³-hybridized carbons (Fsp3) is 0.368. The summed E-state index contributed by atoms with van der Waals surface area (Å²) in [4.78, 5) is 1.31. The molecule has 0 spiro atoms. The highest BCUT2D eigenvalue weighted by Gasteiger charge is 2.04. The summed E-state index contributed by atoms with van der Waals surface area (Å²) in [5, 5.41) is 13.2. The van der Waals surface area contributed by atoms with E-state index in [9.17, 15) is 5.11 Å². The average Bonchev–Trinajstić information content (AvgIpc) is 2.58. The van der Waals surface area contributed by atoms with Gasteiger partial charge >= 0.3 is 0 Å². The molecule has 0 heterocycles. The highest BCUT2D eigenvalue weighted by molar-refractivity contribution is 7.99. The van der Waals surface area contributed by atoms with E-state index < -0.39 is 6.10 Å². The lowest BCUT2D eigenvalue weighted by molar-refractivity contribution is 0.106. The molecule has 2 N–H and O–H groups in total. The molecule has 0 bridgehead atoms. The SMILES string of the molecule is Cc1ccc(SCCCNCC(O)COc2ccccc2)cc1.Cl. The van der Waals surface area contributed by atoms with Gasteiger partial charge in [-0.05, 0) is 49.9 Å². The van der Waals surface area contributed by atoms with Crippen LogP contribution in [0.4, 0.5) is 0 Å². The van der Waals surface area contributed by atoms with Crippen molar-refractivity contribution in [3.05, 3.63) is 60.2 Å². The summed E-state index contributed by atoms with van der Waals surface area (Å²) in [5.41, 5.74) is 1.29. The van der Waals surface area contributed by atoms with Gasteiger partial charge in [0.15, 0.2) is 0 Å². The minimum Gasteiger partial charge on any atom is -0.491 e. The van der Waals surface area contributed by atoms with Crippen LogP contribution in [-0.4, -0.2) is 36.7 Å². The molecule has 2 rings (SSSR count). The predicted molar refractivity (Wildman–Crippen MR) is 105 cm³/mol. The number of halogens is 1. The van der Waals surface area contributed by atoms with E-state index in [1.165, 1.54) is 10.5 Å². The Hall–Kier alpha value is -1.20. The molecule has 0 fully saturated rings. The molecule has 2 aromatic rings. The van der Waals surface area contributed by atoms with Crippen LogP contribution in [-0.2, 0) is 0 Å². The highest BCUT2D eigenvalue weighted by atomic mass is 35.5. The summed E-state index contributed by atoms with van der Waals surface area (Å²) in [6.45, 7) is 3.88. The van der Waals surface area contributed by atoms with Gasteiger partial charge in [-0.2, -0.15) is 0 Å². The van der Waals surface area contributed by atoms with Crippen LogP contribution in [0.2, 0.25) is 0 Å². The summed E-state index contributed by atoms with van der Waals surface area (Å²) in [5.74, 6) is 1.87. The Morgan fingerprint density at radius 3 is 2.50 bits per heavy atom. The van der Waals surface area contributed by atoms with Crippen molar-refractivity contribution in [2.24, 2.45) is 0 Å². The first kappa shape index (κ1) is 20.8. The Bertz CT molecular complexity index is 551. The van der Waals surface area contributed by atoms with E-state index in [1.54, 1.807) is 0 Å². The van der Waals surface area contributed by atoms with Crippen LogP contribution in [0.25, 0.3) is 0 Å². The smallest absolute Gasteiger partial charge is 0.119 e. The van der Waals surface area contributed by atoms with E-state index in [0.29, 0.717) is 13.2 Å². The van der Waals surface area contributed by atoms with Crippen molar-refractivity contribution in [3.8, 4) is 5.75 Å². The second-order valence-electron chi connectivity index (χ2n) is 5.50. The normalized spacial score (nSPS) is 11.6. The van der Waals surface area contributed by atoms with Crippen LogP contribution in [0.15, 0.2) is 59.5 Å². The highest BCUT2D eigenvalue weighted by Crippen LogP contribution is 2.18. The number of hydrogen-bond donors (Lipinski definition) is 2. The molecule has 1 atom stereocenters. The molecule has 0 aromatic heterocycles. The Balaban J connectivity index is 0.00000288. The monoisotopic (exact) mass is 367 g/mol. The number of hydrogen-bond acceptors (Lipinski definition) is 4. The number of ether oxygens (including phenoxy) is 1. The van der Waals surface area contributed by atoms with Crippen molar-refractivity contribution < 1.29 is 9.84 Å². The third-order valence-corrected chi connectivity index (χ3v) is 4.45. The molecule has 0 aliphatic heterocycles. The molecular weight excluding hydrogens is 342 g/mol. The molecule has 0 saturated carbocycles. The zero-order valence-electron chi connectivity index (χ0n) is 14.0. The van der Waals surface area contributed by atoms with Crippen LogP contribution in [0, 0.1) is 6.92 Å². The standard InChI is InChI=1S/C19H25NO2S.ClH/c1-16-8-10-19(11-9-16)23-13-5-12-20-14-17(21)15-22-18-6-3-2-4-7-18;/h2-4,6-11,17,20-21H,5,12-15H2,1H3;1H. The lowest BCUT2D eigenvalue weighted by Gasteiger charge is -2.13. The van der Waals surface area contributed by atoms with Crippen molar-refractivity contribution in [1.82, 2.24) is 5.32 Å². The summed E-state index contributed by atoms with van der Waals surface area (Å²) >= 11 is 1.87. The quantitative estimate of drug-likeness (QED) is 0.493. The van der Waals surface area contributed by atoms with Gasteiger partial charge in [0.2, 0.25) is 0 Å². The van der Waals surface area contributed by atoms with Gasteiger partial charge in [-0.15, -0.1) is 24.2 Å². The van der Waals surface area contributed by atoms with Crippen molar-refractivity contribution in [3.63, 3.8) is 0 Å². The van der Waals surface area contributed by atoms with Gasteiger partial charge in [0.1, 0.15) is 18.5 Å². The molecule has 0 aliphatic carbocycles. The molecule has 0 saturated heterocycles. The Kier molecular flexibility index (Phi) is 10.6. The number of aryl methyl sites for hydroxylation is 1. The zero-order valence-corrected chi connectivity index (χ0v) is 15.6. The first-order valence-corrected chi connectivity index (χ1v) is 8.99. The molecule has 2 aromatic carbocycles. The number of aliphatic hydroxyl groups excluding tert-OH is 1. The van der Waals surface area contributed by atoms with E-state index in [1.807, 2.05) is 42.1 Å². The third kappa shape index (κ3) is 8.60. The molecule has 1 unspecified atom stereocenters. The van der Waals surface area contributed by atoms with E-state index in [0.717, 1.165) is 24.5 Å². The fourth-order valence-electron chi connectivity index (χ4n) is 2.06. The third-order valence-electron chi connectivity index (χ3n) is 3.35. The maximum atomic E-state index is 9.88. The van der Waals surface area contributed by atoms with Crippen molar-refractivity contribution >= 4 is 24.2 Å².